The second kappa shape index (κ2) is 8.28. The second-order valence-electron chi connectivity index (χ2n) is 9.12. The second-order valence-corrected chi connectivity index (χ2v) is 9.12. The number of nitrogens with one attached hydrogen (secondary N) is 3. The van der Waals surface area contributed by atoms with Gasteiger partial charge < -0.3 is 15.0 Å². The van der Waals surface area contributed by atoms with E-state index in [4.69, 9.17) is 9.72 Å². The van der Waals surface area contributed by atoms with Crippen LogP contribution in [0.1, 0.15) is 42.5 Å². The zero-order valence-electron chi connectivity index (χ0n) is 18.8. The normalized spacial score (nSPS) is 19.4. The Hall–Kier alpha value is -3.66. The van der Waals surface area contributed by atoms with Gasteiger partial charge in [0.2, 0.25) is 5.95 Å². The highest BCUT2D eigenvalue weighted by Gasteiger charge is 2.46. The van der Waals surface area contributed by atoms with Crippen LogP contribution in [-0.2, 0) is 15.1 Å². The lowest BCUT2D eigenvalue weighted by Crippen LogP contribution is -2.55. The molecule has 1 spiro atoms. The Morgan fingerprint density at radius 1 is 1.06 bits per heavy atom. The number of anilines is 3. The largest absolute Gasteiger partial charge is 0.378 e. The van der Waals surface area contributed by atoms with Crippen molar-refractivity contribution in [3.8, 4) is 0 Å². The summed E-state index contributed by atoms with van der Waals surface area (Å²) in [6, 6.07) is 9.30. The van der Waals surface area contributed by atoms with Gasteiger partial charge in [-0.25, -0.2) is 4.98 Å². The van der Waals surface area contributed by atoms with Gasteiger partial charge in [-0.3, -0.25) is 25.0 Å². The molecule has 10 heteroatoms. The number of aromatic nitrogens is 3. The van der Waals surface area contributed by atoms with Gasteiger partial charge in [-0.2, -0.15) is 4.98 Å². The molecule has 0 atom stereocenters. The van der Waals surface area contributed by atoms with E-state index < -0.39 is 5.54 Å². The van der Waals surface area contributed by atoms with Crippen LogP contribution in [0.5, 0.6) is 0 Å². The Bertz CT molecular complexity index is 1240. The van der Waals surface area contributed by atoms with Gasteiger partial charge >= 0.3 is 0 Å². The molecule has 3 aliphatic rings. The van der Waals surface area contributed by atoms with Crippen molar-refractivity contribution < 1.29 is 14.3 Å². The highest BCUT2D eigenvalue weighted by Crippen LogP contribution is 2.42. The summed E-state index contributed by atoms with van der Waals surface area (Å²) >= 11 is 0. The van der Waals surface area contributed by atoms with Gasteiger partial charge in [0.05, 0.1) is 13.2 Å². The molecule has 6 rings (SSSR count). The van der Waals surface area contributed by atoms with Crippen molar-refractivity contribution in [1.29, 1.82) is 0 Å². The van der Waals surface area contributed by atoms with E-state index in [9.17, 15) is 9.59 Å². The molecule has 1 aromatic carbocycles. The van der Waals surface area contributed by atoms with E-state index >= 15 is 0 Å². The lowest BCUT2D eigenvalue weighted by Gasteiger charge is -2.41. The van der Waals surface area contributed by atoms with Crippen molar-refractivity contribution >= 4 is 40.3 Å². The quantitative estimate of drug-likeness (QED) is 0.550. The van der Waals surface area contributed by atoms with Crippen molar-refractivity contribution in [1.82, 2.24) is 24.9 Å². The summed E-state index contributed by atoms with van der Waals surface area (Å²) < 4.78 is 7.38. The number of amides is 2. The molecule has 0 bridgehead atoms. The Kier molecular flexibility index (Phi) is 5.09. The number of ether oxygens (including phenoxy) is 1. The molecule has 1 aliphatic carbocycles. The first-order valence-corrected chi connectivity index (χ1v) is 11.8. The highest BCUT2D eigenvalue weighted by atomic mass is 16.5. The van der Waals surface area contributed by atoms with Gasteiger partial charge in [0, 0.05) is 35.9 Å². The van der Waals surface area contributed by atoms with Crippen LogP contribution < -0.4 is 16.2 Å². The fourth-order valence-electron chi connectivity index (χ4n) is 5.27. The summed E-state index contributed by atoms with van der Waals surface area (Å²) in [7, 11) is 0. The van der Waals surface area contributed by atoms with E-state index in [1.165, 1.54) is 0 Å². The average Bonchev–Trinajstić information content (AvgIpc) is 3.26. The van der Waals surface area contributed by atoms with Gasteiger partial charge in [-0.15, -0.1) is 0 Å². The number of carbonyl (C=O) groups excluding carboxylic acids is 2. The topological polar surface area (TPSA) is 113 Å². The predicted molar refractivity (Wildman–Crippen MR) is 127 cm³/mol. The number of hydrazine groups is 1. The molecule has 34 heavy (non-hydrogen) atoms. The third-order valence-electron chi connectivity index (χ3n) is 7.06. The van der Waals surface area contributed by atoms with Crippen LogP contribution >= 0.6 is 0 Å². The first kappa shape index (κ1) is 20.9. The predicted octanol–water partition coefficient (Wildman–Crippen LogP) is 2.76. The minimum absolute atomic E-state index is 0.00848. The van der Waals surface area contributed by atoms with E-state index in [0.717, 1.165) is 54.6 Å². The monoisotopic (exact) mass is 461 g/mol. The summed E-state index contributed by atoms with van der Waals surface area (Å²) in [6.07, 6.45) is 6.53. The minimum Gasteiger partial charge on any atom is -0.378 e. The average molecular weight is 462 g/mol. The minimum atomic E-state index is -0.617. The molecule has 2 fully saturated rings. The van der Waals surface area contributed by atoms with Gasteiger partial charge in [0.25, 0.3) is 11.8 Å². The molecule has 10 nitrogen and oxygen atoms in total. The van der Waals surface area contributed by atoms with E-state index in [2.05, 4.69) is 25.7 Å². The van der Waals surface area contributed by atoms with E-state index in [0.29, 0.717) is 37.8 Å². The van der Waals surface area contributed by atoms with E-state index in [1.54, 1.807) is 6.20 Å². The molecule has 176 valence electrons. The van der Waals surface area contributed by atoms with Crippen molar-refractivity contribution in [3.05, 3.63) is 42.1 Å². The number of fused-ring (bicyclic) bond motifs is 4. The van der Waals surface area contributed by atoms with Crippen LogP contribution in [0.2, 0.25) is 0 Å². The van der Waals surface area contributed by atoms with Crippen LogP contribution in [0, 0.1) is 0 Å². The van der Waals surface area contributed by atoms with Crippen LogP contribution in [0.25, 0.3) is 11.0 Å². The van der Waals surface area contributed by atoms with Crippen molar-refractivity contribution in [2.24, 2.45) is 0 Å². The van der Waals surface area contributed by atoms with E-state index in [1.807, 2.05) is 35.2 Å². The molecule has 1 saturated carbocycles. The standard InChI is InChI=1S/C24H27N7O3/c32-21(30-10-12-34-13-11-30)16-4-6-18(7-5-16)26-23-25-15-17-14-19-28-29-22(33)24(8-2-1-3-9-24)31(19)20(17)27-23/h4-7,14-15,28H,1-3,8-13H2,(H,29,33)(H,25,26,27). The summed E-state index contributed by atoms with van der Waals surface area (Å²) in [5.74, 6) is 1.27. The Morgan fingerprint density at radius 3 is 2.59 bits per heavy atom. The van der Waals surface area contributed by atoms with Gasteiger partial charge in [-0.1, -0.05) is 19.3 Å². The SMILES string of the molecule is O=C(c1ccc(Nc2ncc3cc4n(c3n2)C2(CCCCC2)C(=O)NN4)cc1)N1CCOCC1. The maximum absolute atomic E-state index is 13.0. The number of benzene rings is 1. The lowest BCUT2D eigenvalue weighted by atomic mass is 9.80. The fourth-order valence-corrected chi connectivity index (χ4v) is 5.27. The van der Waals surface area contributed by atoms with Crippen LogP contribution in [-0.4, -0.2) is 57.6 Å². The van der Waals surface area contributed by atoms with Crippen LogP contribution in [0.3, 0.4) is 0 Å². The van der Waals surface area contributed by atoms with Crippen molar-refractivity contribution in [2.75, 3.05) is 37.0 Å². The van der Waals surface area contributed by atoms with Crippen LogP contribution in [0.4, 0.5) is 17.5 Å². The zero-order chi connectivity index (χ0) is 23.1. The molecule has 0 radical (unpaired) electrons. The first-order chi connectivity index (χ1) is 16.6. The molecule has 2 aromatic heterocycles. The zero-order valence-corrected chi connectivity index (χ0v) is 18.8. The number of nitrogens with zero attached hydrogens (tertiary/aromatic N) is 4. The first-order valence-electron chi connectivity index (χ1n) is 11.8. The smallest absolute Gasteiger partial charge is 0.264 e. The number of hydrogen-bond acceptors (Lipinski definition) is 7. The Balaban J connectivity index is 1.28. The molecular formula is C24H27N7O3. The third-order valence-corrected chi connectivity index (χ3v) is 7.06. The molecule has 3 N–H and O–H groups in total. The molecular weight excluding hydrogens is 434 g/mol. The molecule has 2 amide bonds. The summed E-state index contributed by atoms with van der Waals surface area (Å²) in [4.78, 5) is 36.7. The molecule has 0 unspecified atom stereocenters. The van der Waals surface area contributed by atoms with Crippen molar-refractivity contribution in [3.63, 3.8) is 0 Å². The Labute approximate surface area is 196 Å². The third kappa shape index (κ3) is 3.45. The summed E-state index contributed by atoms with van der Waals surface area (Å²) in [5.41, 5.74) is 7.40. The highest BCUT2D eigenvalue weighted by molar-refractivity contribution is 5.95. The number of rotatable bonds is 3. The van der Waals surface area contributed by atoms with Gasteiger partial charge in [-0.05, 0) is 43.2 Å². The lowest BCUT2D eigenvalue weighted by molar-refractivity contribution is -0.131. The maximum Gasteiger partial charge on any atom is 0.264 e. The molecule has 2 aliphatic heterocycles. The maximum atomic E-state index is 13.0. The Morgan fingerprint density at radius 2 is 1.82 bits per heavy atom. The van der Waals surface area contributed by atoms with Gasteiger partial charge in [0.1, 0.15) is 17.0 Å². The summed E-state index contributed by atoms with van der Waals surface area (Å²) in [5, 5.41) is 4.12. The molecule has 1 saturated heterocycles. The van der Waals surface area contributed by atoms with Gasteiger partial charge in [0.15, 0.2) is 0 Å². The molecule has 4 heterocycles. The number of hydrogen-bond donors (Lipinski definition) is 3. The number of carbonyl (C=O) groups is 2. The van der Waals surface area contributed by atoms with E-state index in [-0.39, 0.29) is 11.8 Å². The summed E-state index contributed by atoms with van der Waals surface area (Å²) in [6.45, 7) is 2.38. The number of morpholine rings is 1. The molecule has 3 aromatic rings. The van der Waals surface area contributed by atoms with Crippen molar-refractivity contribution in [2.45, 2.75) is 37.6 Å². The van der Waals surface area contributed by atoms with Crippen LogP contribution in [0.15, 0.2) is 36.5 Å². The fraction of sp³-hybridized carbons (Fsp3) is 0.417.